The van der Waals surface area contributed by atoms with Gasteiger partial charge in [0.05, 0.1) is 18.5 Å². The van der Waals surface area contributed by atoms with Crippen molar-refractivity contribution in [2.24, 2.45) is 23.1 Å². The van der Waals surface area contributed by atoms with Crippen molar-refractivity contribution in [1.29, 1.82) is 0 Å². The summed E-state index contributed by atoms with van der Waals surface area (Å²) in [7, 11) is 0. The molecule has 1 heterocycles. The molecule has 5 heteroatoms. The Hall–Kier alpha value is -1.30. The fourth-order valence-corrected chi connectivity index (χ4v) is 2.34. The maximum absolute atomic E-state index is 5.72. The summed E-state index contributed by atoms with van der Waals surface area (Å²) in [4.78, 5) is 0. The Morgan fingerprint density at radius 2 is 2.25 bits per heavy atom. The van der Waals surface area contributed by atoms with Gasteiger partial charge in [-0.25, -0.2) is 0 Å². The fourth-order valence-electron chi connectivity index (χ4n) is 2.34. The van der Waals surface area contributed by atoms with Crippen molar-refractivity contribution >= 4 is 0 Å². The predicted molar refractivity (Wildman–Crippen MR) is 83.7 cm³/mol. The summed E-state index contributed by atoms with van der Waals surface area (Å²) >= 11 is 0. The quantitative estimate of drug-likeness (QED) is 0.404. The number of hydrogen-bond acceptors (Lipinski definition) is 5. The van der Waals surface area contributed by atoms with Crippen LogP contribution in [0.3, 0.4) is 0 Å². The van der Waals surface area contributed by atoms with E-state index >= 15 is 0 Å². The van der Waals surface area contributed by atoms with Crippen molar-refractivity contribution in [3.63, 3.8) is 0 Å². The Morgan fingerprint density at radius 3 is 2.90 bits per heavy atom. The number of rotatable bonds is 7. The predicted octanol–water partition coefficient (Wildman–Crippen LogP) is 0.591. The summed E-state index contributed by atoms with van der Waals surface area (Å²) in [6.07, 6.45) is 7.39. The van der Waals surface area contributed by atoms with E-state index < -0.39 is 0 Å². The molecule has 0 aromatic carbocycles. The van der Waals surface area contributed by atoms with Gasteiger partial charge in [-0.1, -0.05) is 24.6 Å². The van der Waals surface area contributed by atoms with Crippen LogP contribution in [0.1, 0.15) is 20.3 Å². The molecule has 0 aromatic rings. The zero-order valence-corrected chi connectivity index (χ0v) is 12.6. The topological polar surface area (TPSA) is 99.3 Å². The molecule has 1 fully saturated rings. The van der Waals surface area contributed by atoms with Crippen molar-refractivity contribution in [2.75, 3.05) is 26.2 Å². The molecule has 1 rings (SSSR count). The third-order valence-electron chi connectivity index (χ3n) is 3.20. The largest absolute Gasteiger partial charge is 0.386 e. The zero-order valence-electron chi connectivity index (χ0n) is 12.6. The van der Waals surface area contributed by atoms with Crippen molar-refractivity contribution in [3.05, 3.63) is 35.2 Å². The Labute approximate surface area is 121 Å². The molecular formula is C15H28N4O. The second kappa shape index (κ2) is 8.79. The molecule has 0 amide bonds. The minimum Gasteiger partial charge on any atom is -0.386 e. The average molecular weight is 280 g/mol. The summed E-state index contributed by atoms with van der Waals surface area (Å²) in [5.41, 5.74) is 18.8. The van der Waals surface area contributed by atoms with Gasteiger partial charge < -0.3 is 27.3 Å². The number of hydrogen-bond donors (Lipinski definition) is 4. The van der Waals surface area contributed by atoms with E-state index in [0.717, 1.165) is 25.1 Å². The lowest BCUT2D eigenvalue weighted by Crippen LogP contribution is -2.21. The van der Waals surface area contributed by atoms with E-state index in [1.165, 1.54) is 5.57 Å². The van der Waals surface area contributed by atoms with Crippen molar-refractivity contribution in [1.82, 2.24) is 5.32 Å². The Bertz CT molecular complexity index is 383. The number of ether oxygens (including phenoxy) is 1. The lowest BCUT2D eigenvalue weighted by molar-refractivity contribution is 0.0954. The lowest BCUT2D eigenvalue weighted by Gasteiger charge is -2.13. The number of nitrogens with one attached hydrogen (secondary N) is 1. The maximum atomic E-state index is 5.72. The van der Waals surface area contributed by atoms with Gasteiger partial charge in [-0.15, -0.1) is 0 Å². The first kappa shape index (κ1) is 16.8. The summed E-state index contributed by atoms with van der Waals surface area (Å²) < 4.78 is 5.72. The van der Waals surface area contributed by atoms with Crippen LogP contribution in [0, 0.1) is 5.92 Å². The third kappa shape index (κ3) is 6.23. The van der Waals surface area contributed by atoms with E-state index in [1.807, 2.05) is 6.92 Å². The molecule has 1 aliphatic rings. The van der Waals surface area contributed by atoms with E-state index in [-0.39, 0.29) is 6.10 Å². The molecule has 1 aliphatic heterocycles. The number of nitrogens with two attached hydrogens (primary N) is 3. The summed E-state index contributed by atoms with van der Waals surface area (Å²) in [5, 5.41) is 3.33. The van der Waals surface area contributed by atoms with Crippen LogP contribution in [0.4, 0.5) is 0 Å². The molecule has 0 saturated carbocycles. The molecule has 0 bridgehead atoms. The molecular weight excluding hydrogens is 252 g/mol. The smallest absolute Gasteiger partial charge is 0.0936 e. The van der Waals surface area contributed by atoms with E-state index in [2.05, 4.69) is 24.4 Å². The van der Waals surface area contributed by atoms with Crippen LogP contribution in [0.5, 0.6) is 0 Å². The molecule has 2 unspecified atom stereocenters. The van der Waals surface area contributed by atoms with Crippen LogP contribution in [-0.2, 0) is 4.74 Å². The minimum atomic E-state index is 0.176. The summed E-state index contributed by atoms with van der Waals surface area (Å²) in [6.45, 7) is 7.14. The first-order valence-electron chi connectivity index (χ1n) is 7.15. The molecule has 7 N–H and O–H groups in total. The normalized spacial score (nSPS) is 23.1. The van der Waals surface area contributed by atoms with E-state index in [9.17, 15) is 0 Å². The monoisotopic (exact) mass is 280 g/mol. The van der Waals surface area contributed by atoms with Gasteiger partial charge in [-0.2, -0.15) is 0 Å². The Balaban J connectivity index is 2.51. The molecule has 0 aliphatic carbocycles. The SMILES string of the molecule is C/C(C=C(N)N)=C/C(C)CC=C1CNCC1OCCN. The van der Waals surface area contributed by atoms with Gasteiger partial charge in [0, 0.05) is 19.6 Å². The van der Waals surface area contributed by atoms with Crippen LogP contribution in [0.25, 0.3) is 0 Å². The highest BCUT2D eigenvalue weighted by Crippen LogP contribution is 2.16. The molecule has 0 spiro atoms. The second-order valence-electron chi connectivity index (χ2n) is 5.33. The van der Waals surface area contributed by atoms with E-state index in [1.54, 1.807) is 6.08 Å². The highest BCUT2D eigenvalue weighted by molar-refractivity contribution is 5.21. The van der Waals surface area contributed by atoms with Gasteiger partial charge in [0.15, 0.2) is 0 Å². The van der Waals surface area contributed by atoms with Gasteiger partial charge in [-0.05, 0) is 30.9 Å². The van der Waals surface area contributed by atoms with Gasteiger partial charge in [0.1, 0.15) is 0 Å². The van der Waals surface area contributed by atoms with Crippen LogP contribution < -0.4 is 22.5 Å². The molecule has 2 atom stereocenters. The lowest BCUT2D eigenvalue weighted by atomic mass is 10.0. The Morgan fingerprint density at radius 1 is 1.50 bits per heavy atom. The second-order valence-corrected chi connectivity index (χ2v) is 5.33. The van der Waals surface area contributed by atoms with Crippen LogP contribution >= 0.6 is 0 Å². The fraction of sp³-hybridized carbons (Fsp3) is 0.600. The third-order valence-corrected chi connectivity index (χ3v) is 3.20. The molecule has 0 radical (unpaired) electrons. The van der Waals surface area contributed by atoms with E-state index in [0.29, 0.717) is 24.9 Å². The molecule has 5 nitrogen and oxygen atoms in total. The van der Waals surface area contributed by atoms with Crippen LogP contribution in [-0.4, -0.2) is 32.3 Å². The zero-order chi connectivity index (χ0) is 15.0. The maximum Gasteiger partial charge on any atom is 0.0936 e. The highest BCUT2D eigenvalue weighted by Gasteiger charge is 2.20. The number of allylic oxidation sites excluding steroid dienone is 4. The van der Waals surface area contributed by atoms with Gasteiger partial charge >= 0.3 is 0 Å². The first-order chi connectivity index (χ1) is 9.52. The van der Waals surface area contributed by atoms with Gasteiger partial charge in [0.2, 0.25) is 0 Å². The standard InChI is InChI=1S/C15H28N4O/c1-11(7-12(2)8-15(17)18)3-4-13-9-19-10-14(13)20-6-5-16/h4,7-8,11,14,19H,3,5-6,9-10,16-18H2,1-2H3/b12-7-,13-4?. The first-order valence-corrected chi connectivity index (χ1v) is 7.15. The molecule has 20 heavy (non-hydrogen) atoms. The van der Waals surface area contributed by atoms with E-state index in [4.69, 9.17) is 21.9 Å². The molecule has 0 aromatic heterocycles. The average Bonchev–Trinajstić information content (AvgIpc) is 2.80. The van der Waals surface area contributed by atoms with Crippen molar-refractivity contribution in [2.45, 2.75) is 26.4 Å². The van der Waals surface area contributed by atoms with Crippen LogP contribution in [0.2, 0.25) is 0 Å². The summed E-state index contributed by atoms with van der Waals surface area (Å²) in [6, 6.07) is 0. The van der Waals surface area contributed by atoms with Crippen molar-refractivity contribution < 1.29 is 4.74 Å². The van der Waals surface area contributed by atoms with Crippen molar-refractivity contribution in [3.8, 4) is 0 Å². The summed E-state index contributed by atoms with van der Waals surface area (Å²) in [5.74, 6) is 0.786. The molecule has 1 saturated heterocycles. The van der Waals surface area contributed by atoms with Gasteiger partial charge in [0.25, 0.3) is 0 Å². The minimum absolute atomic E-state index is 0.176. The highest BCUT2D eigenvalue weighted by atomic mass is 16.5. The molecule has 114 valence electrons. The van der Waals surface area contributed by atoms with Gasteiger partial charge in [-0.3, -0.25) is 0 Å². The van der Waals surface area contributed by atoms with Crippen LogP contribution in [0.15, 0.2) is 35.2 Å². The Kier molecular flexibility index (Phi) is 7.36.